The van der Waals surface area contributed by atoms with E-state index in [1.807, 2.05) is 30.2 Å². The molecule has 1 amide bonds. The molecule has 1 heterocycles. The smallest absolute Gasteiger partial charge is 0.242 e. The monoisotopic (exact) mass is 261 g/mol. The van der Waals surface area contributed by atoms with E-state index >= 15 is 0 Å². The quantitative estimate of drug-likeness (QED) is 0.853. The van der Waals surface area contributed by atoms with Gasteiger partial charge in [0.05, 0.1) is 5.54 Å². The zero-order valence-electron chi connectivity index (χ0n) is 11.8. The fraction of sp³-hybridized carbons (Fsp3) is 0.600. The number of aromatic nitrogens is 1. The lowest BCUT2D eigenvalue weighted by molar-refractivity contribution is -0.138. The van der Waals surface area contributed by atoms with Gasteiger partial charge in [-0.05, 0) is 37.8 Å². The Labute approximate surface area is 115 Å². The molecule has 1 unspecified atom stereocenters. The van der Waals surface area contributed by atoms with Crippen LogP contribution in [0.3, 0.4) is 0 Å². The standard InChI is InChI=1S/C15H23N3O/c1-3-8-15(2,16)14(19)18(13-6-7-13)11-12-5-4-9-17-10-12/h4-5,9-10,13H,3,6-8,11,16H2,1-2H3. The lowest BCUT2D eigenvalue weighted by Crippen LogP contribution is -2.53. The van der Waals surface area contributed by atoms with Crippen molar-refractivity contribution in [1.29, 1.82) is 0 Å². The molecular weight excluding hydrogens is 238 g/mol. The molecule has 0 aromatic carbocycles. The van der Waals surface area contributed by atoms with Crippen LogP contribution in [0.1, 0.15) is 45.1 Å². The molecule has 1 saturated carbocycles. The summed E-state index contributed by atoms with van der Waals surface area (Å²) in [6.07, 6.45) is 7.39. The number of pyridine rings is 1. The number of nitrogens with two attached hydrogens (primary N) is 1. The Morgan fingerprint density at radius 3 is 2.84 bits per heavy atom. The van der Waals surface area contributed by atoms with Crippen molar-refractivity contribution in [2.24, 2.45) is 5.73 Å². The summed E-state index contributed by atoms with van der Waals surface area (Å²) < 4.78 is 0. The number of rotatable bonds is 6. The summed E-state index contributed by atoms with van der Waals surface area (Å²) in [4.78, 5) is 18.7. The van der Waals surface area contributed by atoms with E-state index in [9.17, 15) is 4.79 Å². The maximum atomic E-state index is 12.6. The molecule has 0 saturated heterocycles. The van der Waals surface area contributed by atoms with E-state index in [0.29, 0.717) is 12.6 Å². The van der Waals surface area contributed by atoms with Crippen LogP contribution in [0, 0.1) is 0 Å². The van der Waals surface area contributed by atoms with Crippen LogP contribution in [0.5, 0.6) is 0 Å². The van der Waals surface area contributed by atoms with Gasteiger partial charge in [-0.1, -0.05) is 19.4 Å². The van der Waals surface area contributed by atoms with Crippen LogP contribution in [-0.4, -0.2) is 27.4 Å². The van der Waals surface area contributed by atoms with E-state index in [1.54, 1.807) is 6.20 Å². The average Bonchev–Trinajstić information content (AvgIpc) is 3.20. The number of amides is 1. The zero-order valence-corrected chi connectivity index (χ0v) is 11.8. The number of hydrogen-bond acceptors (Lipinski definition) is 3. The normalized spacial score (nSPS) is 17.8. The summed E-state index contributed by atoms with van der Waals surface area (Å²) >= 11 is 0. The van der Waals surface area contributed by atoms with Crippen molar-refractivity contribution in [1.82, 2.24) is 9.88 Å². The molecule has 1 aromatic heterocycles. The van der Waals surface area contributed by atoms with Crippen LogP contribution in [0.2, 0.25) is 0 Å². The summed E-state index contributed by atoms with van der Waals surface area (Å²) in [5.74, 6) is 0.0701. The molecule has 1 atom stereocenters. The van der Waals surface area contributed by atoms with Gasteiger partial charge in [0.2, 0.25) is 5.91 Å². The van der Waals surface area contributed by atoms with Crippen molar-refractivity contribution < 1.29 is 4.79 Å². The van der Waals surface area contributed by atoms with E-state index in [1.165, 1.54) is 0 Å². The minimum atomic E-state index is -0.750. The van der Waals surface area contributed by atoms with Crippen molar-refractivity contribution in [2.75, 3.05) is 0 Å². The van der Waals surface area contributed by atoms with Gasteiger partial charge in [0.25, 0.3) is 0 Å². The van der Waals surface area contributed by atoms with Crippen LogP contribution in [0.25, 0.3) is 0 Å². The molecule has 0 spiro atoms. The van der Waals surface area contributed by atoms with Crippen LogP contribution in [0.4, 0.5) is 0 Å². The predicted octanol–water partition coefficient (Wildman–Crippen LogP) is 2.09. The first-order valence-electron chi connectivity index (χ1n) is 7.03. The fourth-order valence-corrected chi connectivity index (χ4v) is 2.40. The second-order valence-electron chi connectivity index (χ2n) is 5.69. The van der Waals surface area contributed by atoms with E-state index < -0.39 is 5.54 Å². The summed E-state index contributed by atoms with van der Waals surface area (Å²) in [5, 5.41) is 0. The highest BCUT2D eigenvalue weighted by Crippen LogP contribution is 2.30. The van der Waals surface area contributed by atoms with Gasteiger partial charge in [-0.3, -0.25) is 9.78 Å². The molecule has 0 bridgehead atoms. The molecule has 19 heavy (non-hydrogen) atoms. The second kappa shape index (κ2) is 5.70. The van der Waals surface area contributed by atoms with E-state index in [2.05, 4.69) is 11.9 Å². The number of carbonyl (C=O) groups is 1. The SMILES string of the molecule is CCCC(C)(N)C(=O)N(Cc1cccnc1)C1CC1. The van der Waals surface area contributed by atoms with Gasteiger partial charge in [-0.25, -0.2) is 0 Å². The van der Waals surface area contributed by atoms with E-state index in [-0.39, 0.29) is 5.91 Å². The fourth-order valence-electron chi connectivity index (χ4n) is 2.40. The minimum absolute atomic E-state index is 0.0701. The van der Waals surface area contributed by atoms with Gasteiger partial charge in [-0.2, -0.15) is 0 Å². The third-order valence-corrected chi connectivity index (χ3v) is 3.58. The first kappa shape index (κ1) is 14.0. The van der Waals surface area contributed by atoms with Gasteiger partial charge in [-0.15, -0.1) is 0 Å². The third kappa shape index (κ3) is 3.53. The van der Waals surface area contributed by atoms with Crippen molar-refractivity contribution in [3.8, 4) is 0 Å². The molecule has 0 aliphatic heterocycles. The molecule has 2 rings (SSSR count). The minimum Gasteiger partial charge on any atom is -0.334 e. The average molecular weight is 261 g/mol. The number of carbonyl (C=O) groups excluding carboxylic acids is 1. The number of hydrogen-bond donors (Lipinski definition) is 1. The van der Waals surface area contributed by atoms with Crippen LogP contribution < -0.4 is 5.73 Å². The van der Waals surface area contributed by atoms with Crippen LogP contribution >= 0.6 is 0 Å². The van der Waals surface area contributed by atoms with E-state index in [0.717, 1.165) is 31.2 Å². The summed E-state index contributed by atoms with van der Waals surface area (Å²) in [6, 6.07) is 4.27. The topological polar surface area (TPSA) is 59.2 Å². The van der Waals surface area contributed by atoms with Crippen LogP contribution in [0.15, 0.2) is 24.5 Å². The molecule has 1 aliphatic rings. The highest BCUT2D eigenvalue weighted by Gasteiger charge is 2.39. The zero-order chi connectivity index (χ0) is 13.9. The van der Waals surface area contributed by atoms with E-state index in [4.69, 9.17) is 5.73 Å². The Bertz CT molecular complexity index is 426. The van der Waals surface area contributed by atoms with Crippen molar-refractivity contribution in [2.45, 2.75) is 57.7 Å². The predicted molar refractivity (Wildman–Crippen MR) is 75.3 cm³/mol. The molecule has 1 aliphatic carbocycles. The van der Waals surface area contributed by atoms with Crippen molar-refractivity contribution in [3.63, 3.8) is 0 Å². The maximum Gasteiger partial charge on any atom is 0.242 e. The molecule has 1 fully saturated rings. The first-order valence-corrected chi connectivity index (χ1v) is 7.03. The summed E-state index contributed by atoms with van der Waals surface area (Å²) in [6.45, 7) is 4.52. The molecule has 104 valence electrons. The highest BCUT2D eigenvalue weighted by molar-refractivity contribution is 5.86. The van der Waals surface area contributed by atoms with Gasteiger partial charge in [0.1, 0.15) is 0 Å². The Kier molecular flexibility index (Phi) is 4.20. The Morgan fingerprint density at radius 1 is 1.58 bits per heavy atom. The molecule has 4 nitrogen and oxygen atoms in total. The van der Waals surface area contributed by atoms with Crippen molar-refractivity contribution >= 4 is 5.91 Å². The molecule has 0 radical (unpaired) electrons. The Hall–Kier alpha value is -1.42. The highest BCUT2D eigenvalue weighted by atomic mass is 16.2. The molecule has 2 N–H and O–H groups in total. The summed E-state index contributed by atoms with van der Waals surface area (Å²) in [7, 11) is 0. The lowest BCUT2D eigenvalue weighted by Gasteiger charge is -2.32. The largest absolute Gasteiger partial charge is 0.334 e. The maximum absolute atomic E-state index is 12.6. The van der Waals surface area contributed by atoms with Crippen LogP contribution in [-0.2, 0) is 11.3 Å². The molecular formula is C15H23N3O. The molecule has 4 heteroatoms. The van der Waals surface area contributed by atoms with Gasteiger partial charge in [0.15, 0.2) is 0 Å². The van der Waals surface area contributed by atoms with Gasteiger partial charge in [0, 0.05) is 25.0 Å². The summed E-state index contributed by atoms with van der Waals surface area (Å²) in [5.41, 5.74) is 6.50. The van der Waals surface area contributed by atoms with Gasteiger partial charge < -0.3 is 10.6 Å². The number of nitrogens with zero attached hydrogens (tertiary/aromatic N) is 2. The second-order valence-corrected chi connectivity index (χ2v) is 5.69. The molecule has 1 aromatic rings. The lowest BCUT2D eigenvalue weighted by atomic mass is 9.95. The van der Waals surface area contributed by atoms with Gasteiger partial charge >= 0.3 is 0 Å². The Balaban J connectivity index is 2.10. The van der Waals surface area contributed by atoms with Crippen molar-refractivity contribution in [3.05, 3.63) is 30.1 Å². The first-order chi connectivity index (χ1) is 9.04. The third-order valence-electron chi connectivity index (χ3n) is 3.58. The Morgan fingerprint density at radius 2 is 2.32 bits per heavy atom.